The molecule has 27 heavy (non-hydrogen) atoms. The second-order valence-corrected chi connectivity index (χ2v) is 6.69. The van der Waals surface area contributed by atoms with Gasteiger partial charge in [0.1, 0.15) is 5.75 Å². The topological polar surface area (TPSA) is 66.8 Å². The monoisotopic (exact) mass is 365 g/mol. The SMILES string of the molecule is COc1cccc(C=CC(=O)N2CCC(C(=O)O)(c3ccccc3)CC2)c1. The van der Waals surface area contributed by atoms with E-state index in [-0.39, 0.29) is 5.91 Å². The quantitative estimate of drug-likeness (QED) is 0.825. The third kappa shape index (κ3) is 4.03. The lowest BCUT2D eigenvalue weighted by atomic mass is 9.73. The Hall–Kier alpha value is -3.08. The number of aliphatic carboxylic acids is 1. The van der Waals surface area contributed by atoms with Gasteiger partial charge in [-0.15, -0.1) is 0 Å². The molecule has 140 valence electrons. The fraction of sp³-hybridized carbons (Fsp3) is 0.273. The Balaban J connectivity index is 1.68. The Bertz CT molecular complexity index is 836. The molecule has 1 amide bonds. The van der Waals surface area contributed by atoms with Crippen LogP contribution in [0.2, 0.25) is 0 Å². The summed E-state index contributed by atoms with van der Waals surface area (Å²) in [6, 6.07) is 16.8. The molecule has 1 fully saturated rings. The van der Waals surface area contributed by atoms with Crippen molar-refractivity contribution in [2.45, 2.75) is 18.3 Å². The van der Waals surface area contributed by atoms with Crippen LogP contribution in [0, 0.1) is 0 Å². The zero-order valence-corrected chi connectivity index (χ0v) is 15.3. The zero-order valence-electron chi connectivity index (χ0n) is 15.3. The van der Waals surface area contributed by atoms with Crippen molar-refractivity contribution in [2.24, 2.45) is 0 Å². The predicted molar refractivity (Wildman–Crippen MR) is 104 cm³/mol. The van der Waals surface area contributed by atoms with E-state index in [2.05, 4.69) is 0 Å². The molecule has 1 aliphatic heterocycles. The van der Waals surface area contributed by atoms with Crippen molar-refractivity contribution < 1.29 is 19.4 Å². The van der Waals surface area contributed by atoms with Crippen molar-refractivity contribution in [3.05, 3.63) is 71.8 Å². The normalized spacial score (nSPS) is 16.3. The standard InChI is InChI=1S/C22H23NO4/c1-27-19-9-5-6-17(16-19)10-11-20(24)23-14-12-22(13-15-23,21(25)26)18-7-3-2-4-8-18/h2-11,16H,12-15H2,1H3,(H,25,26). The van der Waals surface area contributed by atoms with Gasteiger partial charge < -0.3 is 14.7 Å². The molecule has 2 aromatic rings. The summed E-state index contributed by atoms with van der Waals surface area (Å²) in [6.45, 7) is 0.838. The van der Waals surface area contributed by atoms with E-state index < -0.39 is 11.4 Å². The molecular formula is C22H23NO4. The molecule has 0 unspecified atom stereocenters. The number of carboxylic acid groups (broad SMARTS) is 1. The lowest BCUT2D eigenvalue weighted by Gasteiger charge is -2.38. The van der Waals surface area contributed by atoms with Crippen molar-refractivity contribution in [2.75, 3.05) is 20.2 Å². The first-order valence-electron chi connectivity index (χ1n) is 8.95. The van der Waals surface area contributed by atoms with E-state index in [0.29, 0.717) is 25.9 Å². The third-order valence-corrected chi connectivity index (χ3v) is 5.18. The minimum absolute atomic E-state index is 0.107. The fourth-order valence-corrected chi connectivity index (χ4v) is 3.51. The largest absolute Gasteiger partial charge is 0.497 e. The van der Waals surface area contributed by atoms with Gasteiger partial charge in [-0.25, -0.2) is 0 Å². The Morgan fingerprint density at radius 1 is 1.07 bits per heavy atom. The summed E-state index contributed by atoms with van der Waals surface area (Å²) in [5.41, 5.74) is 0.759. The van der Waals surface area contributed by atoms with Crippen LogP contribution in [0.1, 0.15) is 24.0 Å². The van der Waals surface area contributed by atoms with Crippen LogP contribution in [0.5, 0.6) is 5.75 Å². The van der Waals surface area contributed by atoms with Crippen LogP contribution in [-0.4, -0.2) is 42.1 Å². The average molecular weight is 365 g/mol. The van der Waals surface area contributed by atoms with Crippen molar-refractivity contribution in [3.8, 4) is 5.75 Å². The van der Waals surface area contributed by atoms with Crippen LogP contribution in [0.15, 0.2) is 60.7 Å². The number of carbonyl (C=O) groups excluding carboxylic acids is 1. The number of piperidine rings is 1. The molecule has 3 rings (SSSR count). The molecule has 0 saturated carbocycles. The maximum absolute atomic E-state index is 12.5. The van der Waals surface area contributed by atoms with Crippen LogP contribution in [-0.2, 0) is 15.0 Å². The number of likely N-dealkylation sites (tertiary alicyclic amines) is 1. The molecule has 0 spiro atoms. The number of carbonyl (C=O) groups is 2. The van der Waals surface area contributed by atoms with Gasteiger partial charge in [-0.2, -0.15) is 0 Å². The van der Waals surface area contributed by atoms with Gasteiger partial charge in [0.2, 0.25) is 5.91 Å². The van der Waals surface area contributed by atoms with Gasteiger partial charge in [-0.1, -0.05) is 42.5 Å². The van der Waals surface area contributed by atoms with Crippen molar-refractivity contribution >= 4 is 18.0 Å². The minimum atomic E-state index is -0.922. The van der Waals surface area contributed by atoms with Gasteiger partial charge >= 0.3 is 5.97 Å². The summed E-state index contributed by atoms with van der Waals surface area (Å²) >= 11 is 0. The Morgan fingerprint density at radius 2 is 1.78 bits per heavy atom. The molecule has 1 heterocycles. The summed E-state index contributed by atoms with van der Waals surface area (Å²) in [4.78, 5) is 26.2. The van der Waals surface area contributed by atoms with Gasteiger partial charge in [0, 0.05) is 19.2 Å². The van der Waals surface area contributed by atoms with E-state index in [9.17, 15) is 14.7 Å². The predicted octanol–water partition coefficient (Wildman–Crippen LogP) is 3.35. The Kier molecular flexibility index (Phi) is 5.60. The number of methoxy groups -OCH3 is 1. The van der Waals surface area contributed by atoms with E-state index in [1.807, 2.05) is 54.6 Å². The number of amides is 1. The van der Waals surface area contributed by atoms with Gasteiger partial charge in [0.25, 0.3) is 0 Å². The fourth-order valence-electron chi connectivity index (χ4n) is 3.51. The number of rotatable bonds is 5. The first kappa shape index (κ1) is 18.7. The van der Waals surface area contributed by atoms with Crippen molar-refractivity contribution in [3.63, 3.8) is 0 Å². The average Bonchev–Trinajstić information content (AvgIpc) is 2.72. The Morgan fingerprint density at radius 3 is 2.41 bits per heavy atom. The molecule has 2 aromatic carbocycles. The van der Waals surface area contributed by atoms with Crippen LogP contribution < -0.4 is 4.74 Å². The molecule has 1 saturated heterocycles. The van der Waals surface area contributed by atoms with E-state index >= 15 is 0 Å². The lowest BCUT2D eigenvalue weighted by molar-refractivity contribution is -0.147. The van der Waals surface area contributed by atoms with Crippen molar-refractivity contribution in [1.29, 1.82) is 0 Å². The van der Waals surface area contributed by atoms with Crippen LogP contribution in [0.4, 0.5) is 0 Å². The maximum Gasteiger partial charge on any atom is 0.314 e. The van der Waals surface area contributed by atoms with E-state index in [1.165, 1.54) is 6.08 Å². The molecule has 5 heteroatoms. The third-order valence-electron chi connectivity index (χ3n) is 5.18. The van der Waals surface area contributed by atoms with Gasteiger partial charge in [-0.3, -0.25) is 9.59 Å². The number of benzene rings is 2. The summed E-state index contributed by atoms with van der Waals surface area (Å²) in [7, 11) is 1.60. The van der Waals surface area contributed by atoms with Crippen LogP contribution in [0.25, 0.3) is 6.08 Å². The second-order valence-electron chi connectivity index (χ2n) is 6.69. The van der Waals surface area contributed by atoms with E-state index in [1.54, 1.807) is 18.1 Å². The molecule has 0 aromatic heterocycles. The van der Waals surface area contributed by atoms with Crippen molar-refractivity contribution in [1.82, 2.24) is 4.90 Å². The summed E-state index contributed by atoms with van der Waals surface area (Å²) in [6.07, 6.45) is 4.10. The molecular weight excluding hydrogens is 342 g/mol. The highest BCUT2D eigenvalue weighted by Crippen LogP contribution is 2.36. The number of carboxylic acids is 1. The molecule has 0 atom stereocenters. The summed E-state index contributed by atoms with van der Waals surface area (Å²) in [5.74, 6) is -0.200. The number of nitrogens with zero attached hydrogens (tertiary/aromatic N) is 1. The number of hydrogen-bond donors (Lipinski definition) is 1. The molecule has 1 N–H and O–H groups in total. The van der Waals surface area contributed by atoms with Gasteiger partial charge in [-0.05, 0) is 42.2 Å². The summed E-state index contributed by atoms with van der Waals surface area (Å²) < 4.78 is 5.18. The lowest BCUT2D eigenvalue weighted by Crippen LogP contribution is -2.48. The highest BCUT2D eigenvalue weighted by atomic mass is 16.5. The molecule has 0 bridgehead atoms. The van der Waals surface area contributed by atoms with E-state index in [4.69, 9.17) is 4.74 Å². The minimum Gasteiger partial charge on any atom is -0.497 e. The first-order valence-corrected chi connectivity index (χ1v) is 8.95. The number of ether oxygens (including phenoxy) is 1. The maximum atomic E-state index is 12.5. The smallest absolute Gasteiger partial charge is 0.314 e. The first-order chi connectivity index (χ1) is 13.0. The highest BCUT2D eigenvalue weighted by molar-refractivity contribution is 5.92. The summed E-state index contributed by atoms with van der Waals surface area (Å²) in [5, 5.41) is 9.84. The molecule has 1 aliphatic rings. The van der Waals surface area contributed by atoms with Gasteiger partial charge in [0.15, 0.2) is 0 Å². The molecule has 0 aliphatic carbocycles. The van der Waals surface area contributed by atoms with Crippen LogP contribution >= 0.6 is 0 Å². The van der Waals surface area contributed by atoms with Crippen LogP contribution in [0.3, 0.4) is 0 Å². The molecule has 0 radical (unpaired) electrons. The van der Waals surface area contributed by atoms with Gasteiger partial charge in [0.05, 0.1) is 12.5 Å². The highest BCUT2D eigenvalue weighted by Gasteiger charge is 2.43. The second kappa shape index (κ2) is 8.08. The zero-order chi connectivity index (χ0) is 19.3. The van der Waals surface area contributed by atoms with E-state index in [0.717, 1.165) is 16.9 Å². The molecule has 5 nitrogen and oxygen atoms in total. The Labute approximate surface area is 158 Å². The number of hydrogen-bond acceptors (Lipinski definition) is 3.